The van der Waals surface area contributed by atoms with Gasteiger partial charge in [-0.25, -0.2) is 4.98 Å². The van der Waals surface area contributed by atoms with Crippen LogP contribution in [0.3, 0.4) is 0 Å². The van der Waals surface area contributed by atoms with Crippen LogP contribution in [-0.4, -0.2) is 34.9 Å². The number of nitrogens with two attached hydrogens (primary N) is 1. The van der Waals surface area contributed by atoms with Crippen LogP contribution < -0.4 is 5.73 Å². The molecule has 0 bridgehead atoms. The highest BCUT2D eigenvalue weighted by atomic mass is 35.5. The second-order valence-corrected chi connectivity index (χ2v) is 4.70. The summed E-state index contributed by atoms with van der Waals surface area (Å²) in [6.45, 7) is 1.28. The number of carbonyl (C=O) groups excluding carboxylic acids is 1. The molecule has 1 atom stereocenters. The number of amides is 1. The van der Waals surface area contributed by atoms with E-state index in [2.05, 4.69) is 4.98 Å². The number of oxazole rings is 1. The van der Waals surface area contributed by atoms with Crippen molar-refractivity contribution in [2.75, 3.05) is 13.1 Å². The zero-order chi connectivity index (χ0) is 13.2. The van der Waals surface area contributed by atoms with Gasteiger partial charge < -0.3 is 15.1 Å². The van der Waals surface area contributed by atoms with E-state index in [4.69, 9.17) is 10.2 Å². The van der Waals surface area contributed by atoms with E-state index in [1.807, 2.05) is 30.3 Å². The topological polar surface area (TPSA) is 72.4 Å². The highest BCUT2D eigenvalue weighted by Crippen LogP contribution is 2.19. The standard InChI is InChI=1S/C14H15N3O2.ClH/c15-11-6-7-17(8-11)14(18)12-9-19-13(16-12)10-4-2-1-3-5-10;/h1-5,9,11H,6-8,15H2;1H/t11-;/m1./s1. The average molecular weight is 294 g/mol. The Morgan fingerprint density at radius 1 is 1.35 bits per heavy atom. The maximum absolute atomic E-state index is 12.2. The summed E-state index contributed by atoms with van der Waals surface area (Å²) < 4.78 is 5.37. The molecule has 0 radical (unpaired) electrons. The molecule has 0 spiro atoms. The van der Waals surface area contributed by atoms with Crippen molar-refractivity contribution in [3.8, 4) is 11.5 Å². The summed E-state index contributed by atoms with van der Waals surface area (Å²) in [6, 6.07) is 9.59. The van der Waals surface area contributed by atoms with E-state index in [0.29, 0.717) is 24.7 Å². The Morgan fingerprint density at radius 2 is 2.10 bits per heavy atom. The maximum atomic E-state index is 12.2. The van der Waals surface area contributed by atoms with E-state index in [1.165, 1.54) is 6.26 Å². The van der Waals surface area contributed by atoms with Crippen molar-refractivity contribution in [2.45, 2.75) is 12.5 Å². The maximum Gasteiger partial charge on any atom is 0.275 e. The van der Waals surface area contributed by atoms with E-state index in [9.17, 15) is 4.79 Å². The van der Waals surface area contributed by atoms with Gasteiger partial charge in [-0.15, -0.1) is 12.4 Å². The summed E-state index contributed by atoms with van der Waals surface area (Å²) >= 11 is 0. The largest absolute Gasteiger partial charge is 0.444 e. The molecule has 1 saturated heterocycles. The third kappa shape index (κ3) is 2.84. The van der Waals surface area contributed by atoms with Crippen molar-refractivity contribution >= 4 is 18.3 Å². The molecule has 1 aromatic carbocycles. The molecule has 20 heavy (non-hydrogen) atoms. The number of benzene rings is 1. The Morgan fingerprint density at radius 3 is 2.75 bits per heavy atom. The first-order chi connectivity index (χ1) is 9.24. The summed E-state index contributed by atoms with van der Waals surface area (Å²) in [4.78, 5) is 18.2. The van der Waals surface area contributed by atoms with Gasteiger partial charge in [0.15, 0.2) is 5.69 Å². The number of likely N-dealkylation sites (tertiary alicyclic amines) is 1. The number of carbonyl (C=O) groups is 1. The predicted octanol–water partition coefficient (Wildman–Crippen LogP) is 1.94. The molecule has 0 unspecified atom stereocenters. The van der Waals surface area contributed by atoms with Gasteiger partial charge in [-0.1, -0.05) is 18.2 Å². The van der Waals surface area contributed by atoms with Gasteiger partial charge in [-0.3, -0.25) is 4.79 Å². The quantitative estimate of drug-likeness (QED) is 0.918. The molecule has 1 aromatic heterocycles. The van der Waals surface area contributed by atoms with Crippen LogP contribution in [0.25, 0.3) is 11.5 Å². The molecule has 1 fully saturated rings. The van der Waals surface area contributed by atoms with E-state index in [-0.39, 0.29) is 24.4 Å². The van der Waals surface area contributed by atoms with Crippen LogP contribution in [0, 0.1) is 0 Å². The minimum absolute atomic E-state index is 0. The highest BCUT2D eigenvalue weighted by molar-refractivity contribution is 5.92. The summed E-state index contributed by atoms with van der Waals surface area (Å²) in [5.41, 5.74) is 7.00. The molecule has 0 aliphatic carbocycles. The second kappa shape index (κ2) is 6.07. The lowest BCUT2D eigenvalue weighted by Gasteiger charge is -2.13. The minimum Gasteiger partial charge on any atom is -0.444 e. The zero-order valence-corrected chi connectivity index (χ0v) is 11.7. The van der Waals surface area contributed by atoms with Crippen LogP contribution in [0.1, 0.15) is 16.9 Å². The first-order valence-electron chi connectivity index (χ1n) is 6.30. The minimum atomic E-state index is -0.112. The second-order valence-electron chi connectivity index (χ2n) is 4.70. The SMILES string of the molecule is Cl.N[C@@H]1CCN(C(=O)c2coc(-c3ccccc3)n2)C1. The summed E-state index contributed by atoms with van der Waals surface area (Å²) in [6.07, 6.45) is 2.25. The Kier molecular flexibility index (Phi) is 4.42. The van der Waals surface area contributed by atoms with Gasteiger partial charge >= 0.3 is 0 Å². The third-order valence-corrected chi connectivity index (χ3v) is 3.26. The van der Waals surface area contributed by atoms with Gasteiger partial charge in [0, 0.05) is 24.7 Å². The van der Waals surface area contributed by atoms with Gasteiger partial charge in [0.1, 0.15) is 6.26 Å². The molecular weight excluding hydrogens is 278 g/mol. The van der Waals surface area contributed by atoms with Crippen LogP contribution in [0.5, 0.6) is 0 Å². The van der Waals surface area contributed by atoms with Crippen molar-refractivity contribution in [1.29, 1.82) is 0 Å². The molecule has 6 heteroatoms. The Hall–Kier alpha value is -1.85. The monoisotopic (exact) mass is 293 g/mol. The fourth-order valence-electron chi connectivity index (χ4n) is 2.22. The zero-order valence-electron chi connectivity index (χ0n) is 10.9. The third-order valence-electron chi connectivity index (χ3n) is 3.26. The Labute approximate surface area is 123 Å². The average Bonchev–Trinajstić information content (AvgIpc) is 3.08. The Balaban J connectivity index is 0.00000147. The molecule has 2 N–H and O–H groups in total. The lowest BCUT2D eigenvalue weighted by Crippen LogP contribution is -2.32. The first kappa shape index (κ1) is 14.6. The first-order valence-corrected chi connectivity index (χ1v) is 6.30. The predicted molar refractivity (Wildman–Crippen MR) is 77.7 cm³/mol. The molecule has 1 aliphatic heterocycles. The van der Waals surface area contributed by atoms with Crippen molar-refractivity contribution in [3.63, 3.8) is 0 Å². The molecule has 0 saturated carbocycles. The van der Waals surface area contributed by atoms with Gasteiger partial charge in [0.25, 0.3) is 5.91 Å². The van der Waals surface area contributed by atoms with Crippen LogP contribution in [0.4, 0.5) is 0 Å². The summed E-state index contributed by atoms with van der Waals surface area (Å²) in [5, 5.41) is 0. The van der Waals surface area contributed by atoms with Crippen LogP contribution >= 0.6 is 12.4 Å². The van der Waals surface area contributed by atoms with Crippen molar-refractivity contribution in [3.05, 3.63) is 42.3 Å². The van der Waals surface area contributed by atoms with Crippen molar-refractivity contribution in [2.24, 2.45) is 5.73 Å². The van der Waals surface area contributed by atoms with Crippen LogP contribution in [-0.2, 0) is 0 Å². The molecule has 106 valence electrons. The number of aromatic nitrogens is 1. The lowest BCUT2D eigenvalue weighted by atomic mass is 10.2. The normalized spacial score (nSPS) is 17.9. The number of halogens is 1. The lowest BCUT2D eigenvalue weighted by molar-refractivity contribution is 0.0785. The van der Waals surface area contributed by atoms with Gasteiger partial charge in [0.2, 0.25) is 5.89 Å². The molecule has 2 aromatic rings. The fourth-order valence-corrected chi connectivity index (χ4v) is 2.22. The number of hydrogen-bond acceptors (Lipinski definition) is 4. The van der Waals surface area contributed by atoms with E-state index < -0.39 is 0 Å². The molecule has 1 amide bonds. The summed E-state index contributed by atoms with van der Waals surface area (Å²) in [5.74, 6) is 0.353. The van der Waals surface area contributed by atoms with E-state index in [0.717, 1.165) is 12.0 Å². The van der Waals surface area contributed by atoms with E-state index >= 15 is 0 Å². The van der Waals surface area contributed by atoms with Gasteiger partial charge in [0.05, 0.1) is 0 Å². The number of rotatable bonds is 2. The van der Waals surface area contributed by atoms with E-state index in [1.54, 1.807) is 4.90 Å². The smallest absolute Gasteiger partial charge is 0.275 e. The van der Waals surface area contributed by atoms with Crippen LogP contribution in [0.2, 0.25) is 0 Å². The van der Waals surface area contributed by atoms with Crippen molar-refractivity contribution in [1.82, 2.24) is 9.88 Å². The summed E-state index contributed by atoms with van der Waals surface area (Å²) in [7, 11) is 0. The van der Waals surface area contributed by atoms with Gasteiger partial charge in [-0.2, -0.15) is 0 Å². The molecule has 2 heterocycles. The van der Waals surface area contributed by atoms with Crippen LogP contribution in [0.15, 0.2) is 41.0 Å². The molecule has 5 nitrogen and oxygen atoms in total. The van der Waals surface area contributed by atoms with Gasteiger partial charge in [-0.05, 0) is 18.6 Å². The van der Waals surface area contributed by atoms with Crippen molar-refractivity contribution < 1.29 is 9.21 Å². The molecular formula is C14H16ClN3O2. The highest BCUT2D eigenvalue weighted by Gasteiger charge is 2.26. The number of hydrogen-bond donors (Lipinski definition) is 1. The molecule has 1 aliphatic rings. The number of nitrogens with zero attached hydrogens (tertiary/aromatic N) is 2. The molecule has 3 rings (SSSR count). The Bertz CT molecular complexity index is 585. The fraction of sp³-hybridized carbons (Fsp3) is 0.286.